The number of likely N-dealkylation sites (tertiary alicyclic amines) is 1. The van der Waals surface area contributed by atoms with Crippen LogP contribution in [0.15, 0.2) is 12.1 Å². The van der Waals surface area contributed by atoms with Crippen LogP contribution < -0.4 is 15.8 Å². The van der Waals surface area contributed by atoms with E-state index < -0.39 is 0 Å². The second-order valence-electron chi connectivity index (χ2n) is 5.38. The van der Waals surface area contributed by atoms with E-state index in [9.17, 15) is 0 Å². The van der Waals surface area contributed by atoms with Gasteiger partial charge in [0.25, 0.3) is 0 Å². The summed E-state index contributed by atoms with van der Waals surface area (Å²) in [6.45, 7) is 4.85. The van der Waals surface area contributed by atoms with Crippen LogP contribution in [0.2, 0.25) is 0 Å². The fourth-order valence-electron chi connectivity index (χ4n) is 2.67. The van der Waals surface area contributed by atoms with Crippen LogP contribution in [0.25, 0.3) is 0 Å². The average molecular weight is 262 g/mol. The zero-order valence-electron chi connectivity index (χ0n) is 11.4. The predicted octanol–water partition coefficient (Wildman–Crippen LogP) is 1.71. The van der Waals surface area contributed by atoms with Crippen LogP contribution in [0.5, 0.6) is 5.88 Å². The van der Waals surface area contributed by atoms with Crippen LogP contribution in [0, 0.1) is 0 Å². The molecule has 2 aliphatic rings. The molecule has 2 heterocycles. The minimum atomic E-state index is 0.492. The summed E-state index contributed by atoms with van der Waals surface area (Å²) in [7, 11) is 0. The van der Waals surface area contributed by atoms with Gasteiger partial charge in [0, 0.05) is 25.2 Å². The lowest BCUT2D eigenvalue weighted by Crippen LogP contribution is -2.28. The number of pyridine rings is 1. The summed E-state index contributed by atoms with van der Waals surface area (Å²) in [4.78, 5) is 7.02. The highest BCUT2D eigenvalue weighted by Crippen LogP contribution is 2.30. The third kappa shape index (κ3) is 2.92. The number of nitrogens with one attached hydrogen (secondary N) is 1. The summed E-state index contributed by atoms with van der Waals surface area (Å²) >= 11 is 0. The highest BCUT2D eigenvalue weighted by atomic mass is 16.5. The van der Waals surface area contributed by atoms with Crippen LogP contribution in [-0.2, 0) is 0 Å². The van der Waals surface area contributed by atoms with Crippen molar-refractivity contribution in [3.63, 3.8) is 0 Å². The van der Waals surface area contributed by atoms with Gasteiger partial charge in [0.1, 0.15) is 5.82 Å². The predicted molar refractivity (Wildman–Crippen MR) is 76.4 cm³/mol. The number of hydrogen-bond acceptors (Lipinski definition) is 5. The van der Waals surface area contributed by atoms with Crippen molar-refractivity contribution < 1.29 is 4.74 Å². The van der Waals surface area contributed by atoms with Crippen LogP contribution in [0.4, 0.5) is 11.5 Å². The van der Waals surface area contributed by atoms with E-state index in [1.165, 1.54) is 25.8 Å². The van der Waals surface area contributed by atoms with Gasteiger partial charge in [-0.05, 0) is 38.3 Å². The zero-order valence-corrected chi connectivity index (χ0v) is 11.4. The molecular weight excluding hydrogens is 240 g/mol. The van der Waals surface area contributed by atoms with E-state index in [-0.39, 0.29) is 0 Å². The van der Waals surface area contributed by atoms with Gasteiger partial charge in [-0.25, -0.2) is 0 Å². The van der Waals surface area contributed by atoms with Crippen LogP contribution in [0.3, 0.4) is 0 Å². The van der Waals surface area contributed by atoms with Gasteiger partial charge in [-0.3, -0.25) is 4.90 Å². The number of ether oxygens (including phenoxy) is 1. The highest BCUT2D eigenvalue weighted by Gasteiger charge is 2.34. The summed E-state index contributed by atoms with van der Waals surface area (Å²) in [5.41, 5.74) is 6.43. The summed E-state index contributed by atoms with van der Waals surface area (Å²) in [5.74, 6) is 1.39. The minimum absolute atomic E-state index is 0.492. The van der Waals surface area contributed by atoms with Gasteiger partial charge in [0.05, 0.1) is 12.3 Å². The van der Waals surface area contributed by atoms with Gasteiger partial charge in [0.2, 0.25) is 5.88 Å². The Bertz CT molecular complexity index is 447. The molecule has 5 heteroatoms. The second kappa shape index (κ2) is 5.25. The molecule has 1 aromatic rings. The van der Waals surface area contributed by atoms with E-state index in [2.05, 4.69) is 15.2 Å². The van der Waals surface area contributed by atoms with Crippen LogP contribution >= 0.6 is 0 Å². The van der Waals surface area contributed by atoms with Crippen molar-refractivity contribution >= 4 is 11.5 Å². The van der Waals surface area contributed by atoms with Gasteiger partial charge < -0.3 is 15.8 Å². The van der Waals surface area contributed by atoms with Crippen molar-refractivity contribution in [2.24, 2.45) is 0 Å². The Hall–Kier alpha value is -1.49. The van der Waals surface area contributed by atoms with Gasteiger partial charge in [-0.2, -0.15) is 4.98 Å². The first-order valence-corrected chi connectivity index (χ1v) is 7.16. The molecule has 0 amide bonds. The number of rotatable bonds is 5. The summed E-state index contributed by atoms with van der Waals surface area (Å²) in [6, 6.07) is 5.13. The van der Waals surface area contributed by atoms with Crippen LogP contribution in [0.1, 0.15) is 26.2 Å². The Morgan fingerprint density at radius 2 is 2.26 bits per heavy atom. The third-order valence-electron chi connectivity index (χ3n) is 3.81. The number of anilines is 2. The summed E-state index contributed by atoms with van der Waals surface area (Å²) in [6.07, 6.45) is 3.94. The molecule has 1 aliphatic carbocycles. The van der Waals surface area contributed by atoms with Gasteiger partial charge in [-0.15, -0.1) is 0 Å². The number of hydrogen-bond donors (Lipinski definition) is 2. The smallest absolute Gasteiger partial charge is 0.239 e. The molecule has 0 spiro atoms. The van der Waals surface area contributed by atoms with Crippen molar-refractivity contribution in [3.05, 3.63) is 12.1 Å². The van der Waals surface area contributed by atoms with Crippen molar-refractivity contribution in [2.75, 3.05) is 30.7 Å². The molecule has 104 valence electrons. The van der Waals surface area contributed by atoms with E-state index in [1.807, 2.05) is 19.1 Å². The monoisotopic (exact) mass is 262 g/mol. The van der Waals surface area contributed by atoms with Crippen LogP contribution in [-0.4, -0.2) is 41.7 Å². The molecule has 3 N–H and O–H groups in total. The lowest BCUT2D eigenvalue weighted by molar-refractivity contribution is 0.325. The number of aromatic nitrogens is 1. The number of nitrogen functional groups attached to an aromatic ring is 1. The molecule has 0 bridgehead atoms. The van der Waals surface area contributed by atoms with E-state index in [1.54, 1.807) is 0 Å². The van der Waals surface area contributed by atoms with Gasteiger partial charge >= 0.3 is 0 Å². The Morgan fingerprint density at radius 3 is 3.00 bits per heavy atom. The largest absolute Gasteiger partial charge is 0.476 e. The Kier molecular flexibility index (Phi) is 3.46. The molecular formula is C14H22N4O. The Balaban J connectivity index is 1.61. The molecule has 1 aliphatic heterocycles. The fourth-order valence-corrected chi connectivity index (χ4v) is 2.67. The van der Waals surface area contributed by atoms with E-state index in [0.29, 0.717) is 24.2 Å². The van der Waals surface area contributed by atoms with E-state index >= 15 is 0 Å². The van der Waals surface area contributed by atoms with E-state index in [0.717, 1.165) is 18.4 Å². The molecule has 0 aromatic carbocycles. The maximum atomic E-state index is 5.83. The standard InChI is InChI=1S/C14H22N4O/c1-2-19-14-12(15)5-6-13(17-14)16-10-7-8-18(9-10)11-3-4-11/h5-6,10-11H,2-4,7-9,15H2,1H3,(H,16,17). The van der Waals surface area contributed by atoms with Crippen molar-refractivity contribution in [1.82, 2.24) is 9.88 Å². The first kappa shape index (κ1) is 12.5. The maximum absolute atomic E-state index is 5.83. The van der Waals surface area contributed by atoms with Crippen molar-refractivity contribution in [1.29, 1.82) is 0 Å². The SMILES string of the molecule is CCOc1nc(NC2CCN(C3CC3)C2)ccc1N. The van der Waals surface area contributed by atoms with Gasteiger partial charge in [-0.1, -0.05) is 0 Å². The van der Waals surface area contributed by atoms with Crippen molar-refractivity contribution in [3.8, 4) is 5.88 Å². The quantitative estimate of drug-likeness (QED) is 0.846. The Morgan fingerprint density at radius 1 is 1.42 bits per heavy atom. The molecule has 2 fully saturated rings. The average Bonchev–Trinajstić information content (AvgIpc) is 3.15. The lowest BCUT2D eigenvalue weighted by atomic mass is 10.2. The zero-order chi connectivity index (χ0) is 13.2. The minimum Gasteiger partial charge on any atom is -0.476 e. The third-order valence-corrected chi connectivity index (χ3v) is 3.81. The molecule has 1 saturated heterocycles. The summed E-state index contributed by atoms with van der Waals surface area (Å²) < 4.78 is 5.42. The topological polar surface area (TPSA) is 63.4 Å². The lowest BCUT2D eigenvalue weighted by Gasteiger charge is -2.17. The first-order valence-electron chi connectivity index (χ1n) is 7.16. The number of nitrogens with two attached hydrogens (primary N) is 1. The molecule has 3 rings (SSSR count). The fraction of sp³-hybridized carbons (Fsp3) is 0.643. The molecule has 1 unspecified atom stereocenters. The first-order chi connectivity index (χ1) is 9.26. The molecule has 1 saturated carbocycles. The molecule has 19 heavy (non-hydrogen) atoms. The second-order valence-corrected chi connectivity index (χ2v) is 5.38. The molecule has 1 atom stereocenters. The molecule has 0 radical (unpaired) electrons. The van der Waals surface area contributed by atoms with Crippen molar-refractivity contribution in [2.45, 2.75) is 38.3 Å². The highest BCUT2D eigenvalue weighted by molar-refractivity contribution is 5.53. The maximum Gasteiger partial charge on any atom is 0.239 e. The Labute approximate surface area is 114 Å². The molecule has 5 nitrogen and oxygen atoms in total. The molecule has 1 aromatic heterocycles. The summed E-state index contributed by atoms with van der Waals surface area (Å²) in [5, 5.41) is 3.49. The number of nitrogens with zero attached hydrogens (tertiary/aromatic N) is 2. The van der Waals surface area contributed by atoms with E-state index in [4.69, 9.17) is 10.5 Å². The normalized spacial score (nSPS) is 23.5. The van der Waals surface area contributed by atoms with Gasteiger partial charge in [0.15, 0.2) is 0 Å².